The van der Waals surface area contributed by atoms with Crippen LogP contribution in [0.5, 0.6) is 0 Å². The molecule has 0 aliphatic heterocycles. The van der Waals surface area contributed by atoms with Crippen LogP contribution in [0.25, 0.3) is 0 Å². The van der Waals surface area contributed by atoms with E-state index in [1.54, 1.807) is 0 Å². The molecule has 0 unspecified atom stereocenters. The highest BCUT2D eigenvalue weighted by molar-refractivity contribution is 9.08. The standard InChI is InChI=1S/C15H23BrN2/c1-17(2)15(9-4-10-15)12-18(3)14-7-5-13(11-16)6-8-14/h5-8H,4,9-12H2,1-3H3. The Labute approximate surface area is 119 Å². The van der Waals surface area contributed by atoms with Crippen molar-refractivity contribution < 1.29 is 0 Å². The second-order valence-electron chi connectivity index (χ2n) is 5.63. The Morgan fingerprint density at radius 2 is 1.72 bits per heavy atom. The van der Waals surface area contributed by atoms with Crippen molar-refractivity contribution in [1.82, 2.24) is 4.90 Å². The molecular weight excluding hydrogens is 288 g/mol. The molecule has 0 heterocycles. The highest BCUT2D eigenvalue weighted by atomic mass is 79.9. The predicted molar refractivity (Wildman–Crippen MR) is 82.6 cm³/mol. The second kappa shape index (κ2) is 5.62. The van der Waals surface area contributed by atoms with E-state index >= 15 is 0 Å². The summed E-state index contributed by atoms with van der Waals surface area (Å²) in [7, 11) is 6.62. The largest absolute Gasteiger partial charge is 0.373 e. The van der Waals surface area contributed by atoms with E-state index in [9.17, 15) is 0 Å². The summed E-state index contributed by atoms with van der Waals surface area (Å²) in [6, 6.07) is 8.84. The summed E-state index contributed by atoms with van der Waals surface area (Å²) >= 11 is 3.49. The summed E-state index contributed by atoms with van der Waals surface area (Å²) < 4.78 is 0. The van der Waals surface area contributed by atoms with Crippen LogP contribution in [-0.4, -0.2) is 38.1 Å². The highest BCUT2D eigenvalue weighted by Crippen LogP contribution is 2.37. The normalized spacial score (nSPS) is 17.6. The molecule has 1 saturated carbocycles. The van der Waals surface area contributed by atoms with Crippen molar-refractivity contribution in [3.05, 3.63) is 29.8 Å². The van der Waals surface area contributed by atoms with Crippen LogP contribution in [0, 0.1) is 0 Å². The molecule has 18 heavy (non-hydrogen) atoms. The predicted octanol–water partition coefficient (Wildman–Crippen LogP) is 3.50. The number of nitrogens with zero attached hydrogens (tertiary/aromatic N) is 2. The summed E-state index contributed by atoms with van der Waals surface area (Å²) in [5, 5.41) is 0.929. The van der Waals surface area contributed by atoms with Gasteiger partial charge < -0.3 is 9.80 Å². The molecule has 1 fully saturated rings. The Morgan fingerprint density at radius 1 is 1.11 bits per heavy atom. The number of benzene rings is 1. The fraction of sp³-hybridized carbons (Fsp3) is 0.600. The van der Waals surface area contributed by atoms with Gasteiger partial charge in [0.15, 0.2) is 0 Å². The lowest BCUT2D eigenvalue weighted by Crippen LogP contribution is -2.56. The molecule has 1 aromatic carbocycles. The summed E-state index contributed by atoms with van der Waals surface area (Å²) in [4.78, 5) is 4.79. The van der Waals surface area contributed by atoms with Gasteiger partial charge in [0.05, 0.1) is 0 Å². The van der Waals surface area contributed by atoms with E-state index in [-0.39, 0.29) is 0 Å². The number of likely N-dealkylation sites (N-methyl/N-ethyl adjacent to an activating group) is 2. The zero-order valence-electron chi connectivity index (χ0n) is 11.6. The molecule has 1 aliphatic carbocycles. The molecule has 2 nitrogen and oxygen atoms in total. The van der Waals surface area contributed by atoms with Crippen molar-refractivity contribution in [3.63, 3.8) is 0 Å². The molecule has 3 heteroatoms. The third-order valence-electron chi connectivity index (χ3n) is 4.30. The molecule has 0 N–H and O–H groups in total. The summed E-state index contributed by atoms with van der Waals surface area (Å²) in [6.07, 6.45) is 4.02. The lowest BCUT2D eigenvalue weighted by Gasteiger charge is -2.49. The minimum Gasteiger partial charge on any atom is -0.373 e. The molecule has 0 aromatic heterocycles. The molecule has 2 rings (SSSR count). The minimum atomic E-state index is 0.392. The Bertz CT molecular complexity index is 382. The Hall–Kier alpha value is -0.540. The molecule has 0 spiro atoms. The topological polar surface area (TPSA) is 6.48 Å². The maximum absolute atomic E-state index is 3.49. The van der Waals surface area contributed by atoms with Gasteiger partial charge in [-0.15, -0.1) is 0 Å². The molecule has 1 aromatic rings. The quantitative estimate of drug-likeness (QED) is 0.768. The molecule has 0 bridgehead atoms. The first kappa shape index (κ1) is 13.9. The molecule has 0 radical (unpaired) electrons. The Morgan fingerprint density at radius 3 is 2.11 bits per heavy atom. The van der Waals surface area contributed by atoms with Gasteiger partial charge in [-0.05, 0) is 51.1 Å². The Balaban J connectivity index is 2.04. The molecule has 0 saturated heterocycles. The molecular formula is C15H23BrN2. The van der Waals surface area contributed by atoms with Crippen molar-refractivity contribution in [1.29, 1.82) is 0 Å². The lowest BCUT2D eigenvalue weighted by atomic mass is 9.75. The zero-order valence-corrected chi connectivity index (χ0v) is 13.2. The van der Waals surface area contributed by atoms with E-state index in [1.165, 1.54) is 30.5 Å². The summed E-state index contributed by atoms with van der Waals surface area (Å²) in [5.74, 6) is 0. The van der Waals surface area contributed by atoms with Gasteiger partial charge in [-0.25, -0.2) is 0 Å². The van der Waals surface area contributed by atoms with Crippen molar-refractivity contribution in [2.24, 2.45) is 0 Å². The average Bonchev–Trinajstić information content (AvgIpc) is 2.33. The number of alkyl halides is 1. The van der Waals surface area contributed by atoms with E-state index in [4.69, 9.17) is 0 Å². The van der Waals surface area contributed by atoms with Crippen LogP contribution in [0.15, 0.2) is 24.3 Å². The molecule has 100 valence electrons. The van der Waals surface area contributed by atoms with Crippen LogP contribution >= 0.6 is 15.9 Å². The van der Waals surface area contributed by atoms with Crippen LogP contribution in [0.4, 0.5) is 5.69 Å². The first-order valence-electron chi connectivity index (χ1n) is 6.61. The van der Waals surface area contributed by atoms with Crippen LogP contribution in [0.1, 0.15) is 24.8 Å². The summed E-state index contributed by atoms with van der Waals surface area (Å²) in [6.45, 7) is 1.12. The molecule has 0 atom stereocenters. The van der Waals surface area contributed by atoms with Gasteiger partial charge in [0, 0.05) is 30.1 Å². The monoisotopic (exact) mass is 310 g/mol. The van der Waals surface area contributed by atoms with Gasteiger partial charge in [0.25, 0.3) is 0 Å². The fourth-order valence-corrected chi connectivity index (χ4v) is 3.08. The highest BCUT2D eigenvalue weighted by Gasteiger charge is 2.39. The van der Waals surface area contributed by atoms with Gasteiger partial charge in [-0.3, -0.25) is 0 Å². The van der Waals surface area contributed by atoms with Crippen molar-refractivity contribution >= 4 is 21.6 Å². The fourth-order valence-electron chi connectivity index (χ4n) is 2.70. The first-order valence-corrected chi connectivity index (χ1v) is 7.73. The zero-order chi connectivity index (χ0) is 13.2. The maximum Gasteiger partial charge on any atom is 0.0378 e. The van der Waals surface area contributed by atoms with Crippen molar-refractivity contribution in [2.75, 3.05) is 32.6 Å². The lowest BCUT2D eigenvalue weighted by molar-refractivity contribution is 0.0683. The number of halogens is 1. The number of hydrogen-bond donors (Lipinski definition) is 0. The van der Waals surface area contributed by atoms with Gasteiger partial charge in [-0.2, -0.15) is 0 Å². The Kier molecular flexibility index (Phi) is 4.33. The minimum absolute atomic E-state index is 0.392. The van der Waals surface area contributed by atoms with Crippen molar-refractivity contribution in [3.8, 4) is 0 Å². The number of rotatable bonds is 5. The van der Waals surface area contributed by atoms with Crippen molar-refractivity contribution in [2.45, 2.75) is 30.1 Å². The third-order valence-corrected chi connectivity index (χ3v) is 4.94. The number of hydrogen-bond acceptors (Lipinski definition) is 2. The average molecular weight is 311 g/mol. The van der Waals surface area contributed by atoms with E-state index in [0.29, 0.717) is 5.54 Å². The van der Waals surface area contributed by atoms with E-state index < -0.39 is 0 Å². The van der Waals surface area contributed by atoms with Crippen LogP contribution in [0.2, 0.25) is 0 Å². The second-order valence-corrected chi connectivity index (χ2v) is 6.19. The smallest absolute Gasteiger partial charge is 0.0378 e. The number of anilines is 1. The van der Waals surface area contributed by atoms with Gasteiger partial charge in [0.1, 0.15) is 0 Å². The van der Waals surface area contributed by atoms with Gasteiger partial charge in [-0.1, -0.05) is 28.1 Å². The molecule has 1 aliphatic rings. The van der Waals surface area contributed by atoms with E-state index in [1.807, 2.05) is 0 Å². The summed E-state index contributed by atoms with van der Waals surface area (Å²) in [5.41, 5.74) is 3.04. The SMILES string of the molecule is CN(CC1(N(C)C)CCC1)c1ccc(CBr)cc1. The van der Waals surface area contributed by atoms with Crippen LogP contribution < -0.4 is 4.90 Å². The van der Waals surface area contributed by atoms with Crippen LogP contribution in [-0.2, 0) is 5.33 Å². The van der Waals surface area contributed by atoms with Crippen LogP contribution in [0.3, 0.4) is 0 Å². The third kappa shape index (κ3) is 2.72. The van der Waals surface area contributed by atoms with Gasteiger partial charge in [0.2, 0.25) is 0 Å². The molecule has 0 amide bonds. The van der Waals surface area contributed by atoms with Gasteiger partial charge >= 0.3 is 0 Å². The first-order chi connectivity index (χ1) is 8.57. The van der Waals surface area contributed by atoms with E-state index in [0.717, 1.165) is 11.9 Å². The van der Waals surface area contributed by atoms with E-state index in [2.05, 4.69) is 71.1 Å². The maximum atomic E-state index is 3.49.